The van der Waals surface area contributed by atoms with Crippen molar-refractivity contribution >= 4 is 17.5 Å². The second-order valence-corrected chi connectivity index (χ2v) is 5.67. The van der Waals surface area contributed by atoms with E-state index >= 15 is 0 Å². The number of amides is 2. The predicted octanol–water partition coefficient (Wildman–Crippen LogP) is 0.887. The number of likely N-dealkylation sites (N-methyl/N-ethyl adjacent to an activating group) is 1. The van der Waals surface area contributed by atoms with Crippen molar-refractivity contribution in [2.24, 2.45) is 5.92 Å². The Morgan fingerprint density at radius 1 is 1.45 bits per heavy atom. The van der Waals surface area contributed by atoms with Crippen molar-refractivity contribution in [2.75, 3.05) is 32.1 Å². The summed E-state index contributed by atoms with van der Waals surface area (Å²) >= 11 is 0. The first-order valence-corrected chi connectivity index (χ1v) is 7.30. The molecule has 2 unspecified atom stereocenters. The quantitative estimate of drug-likeness (QED) is 0.877. The van der Waals surface area contributed by atoms with Gasteiger partial charge >= 0.3 is 0 Å². The fourth-order valence-electron chi connectivity index (χ4n) is 2.68. The molecule has 0 radical (unpaired) electrons. The number of benzene rings is 1. The van der Waals surface area contributed by atoms with Gasteiger partial charge in [0.05, 0.1) is 19.1 Å². The Morgan fingerprint density at radius 2 is 2.09 bits per heavy atom. The van der Waals surface area contributed by atoms with Crippen LogP contribution >= 0.6 is 0 Å². The number of hydrogen-bond acceptors (Lipinski definition) is 4. The van der Waals surface area contributed by atoms with E-state index in [1.807, 2.05) is 12.1 Å². The predicted molar refractivity (Wildman–Crippen MR) is 82.8 cm³/mol. The second kappa shape index (κ2) is 6.79. The van der Waals surface area contributed by atoms with Gasteiger partial charge in [-0.2, -0.15) is 0 Å². The van der Waals surface area contributed by atoms with Gasteiger partial charge in [-0.1, -0.05) is 0 Å². The van der Waals surface area contributed by atoms with Gasteiger partial charge in [-0.3, -0.25) is 9.59 Å². The maximum Gasteiger partial charge on any atom is 0.227 e. The topological polar surface area (TPSA) is 70.1 Å². The summed E-state index contributed by atoms with van der Waals surface area (Å²) in [7, 11) is 3.23. The van der Waals surface area contributed by atoms with E-state index in [9.17, 15) is 14.7 Å². The Morgan fingerprint density at radius 3 is 2.64 bits per heavy atom. The molecule has 1 aliphatic heterocycles. The molecule has 2 amide bonds. The molecule has 0 saturated carbocycles. The third-order valence-electron chi connectivity index (χ3n) is 3.77. The van der Waals surface area contributed by atoms with Crippen LogP contribution in [0.3, 0.4) is 0 Å². The van der Waals surface area contributed by atoms with Gasteiger partial charge in [0.1, 0.15) is 5.75 Å². The lowest BCUT2D eigenvalue weighted by molar-refractivity contribution is -0.135. The summed E-state index contributed by atoms with van der Waals surface area (Å²) in [5.41, 5.74) is 0.763. The normalized spacial score (nSPS) is 19.2. The molecular weight excluding hydrogens is 284 g/mol. The molecule has 2 atom stereocenters. The number of rotatable bonds is 5. The van der Waals surface area contributed by atoms with E-state index in [-0.39, 0.29) is 30.7 Å². The summed E-state index contributed by atoms with van der Waals surface area (Å²) in [5.74, 6) is 0.192. The van der Waals surface area contributed by atoms with Crippen molar-refractivity contribution in [1.82, 2.24) is 4.90 Å². The van der Waals surface area contributed by atoms with Crippen molar-refractivity contribution in [2.45, 2.75) is 19.4 Å². The zero-order chi connectivity index (χ0) is 16.3. The summed E-state index contributed by atoms with van der Waals surface area (Å²) < 4.78 is 5.10. The first-order chi connectivity index (χ1) is 10.4. The van der Waals surface area contributed by atoms with Crippen LogP contribution in [0.15, 0.2) is 24.3 Å². The number of ether oxygens (including phenoxy) is 1. The van der Waals surface area contributed by atoms with Crippen LogP contribution in [0, 0.1) is 5.92 Å². The lowest BCUT2D eigenvalue weighted by atomic mass is 10.1. The largest absolute Gasteiger partial charge is 0.497 e. The van der Waals surface area contributed by atoms with E-state index in [1.165, 1.54) is 4.90 Å². The van der Waals surface area contributed by atoms with Crippen LogP contribution in [-0.2, 0) is 9.59 Å². The zero-order valence-corrected chi connectivity index (χ0v) is 13.2. The van der Waals surface area contributed by atoms with Crippen LogP contribution in [0.5, 0.6) is 5.75 Å². The Kier molecular flexibility index (Phi) is 5.03. The van der Waals surface area contributed by atoms with Gasteiger partial charge < -0.3 is 19.6 Å². The lowest BCUT2D eigenvalue weighted by Crippen LogP contribution is -2.38. The van der Waals surface area contributed by atoms with Crippen molar-refractivity contribution in [1.29, 1.82) is 0 Å². The highest BCUT2D eigenvalue weighted by Gasteiger charge is 2.36. The van der Waals surface area contributed by atoms with Crippen LogP contribution in [-0.4, -0.2) is 55.2 Å². The SMILES string of the molecule is COc1ccc(N2CC(C(=O)N(C)CC(C)O)CC2=O)cc1. The molecule has 120 valence electrons. The molecule has 2 rings (SSSR count). The van der Waals surface area contributed by atoms with E-state index in [2.05, 4.69) is 0 Å². The summed E-state index contributed by atoms with van der Waals surface area (Å²) in [6, 6.07) is 7.20. The molecule has 6 heteroatoms. The third-order valence-corrected chi connectivity index (χ3v) is 3.77. The Bertz CT molecular complexity index is 542. The highest BCUT2D eigenvalue weighted by atomic mass is 16.5. The van der Waals surface area contributed by atoms with Gasteiger partial charge in [-0.05, 0) is 31.2 Å². The van der Waals surface area contributed by atoms with Gasteiger partial charge in [-0.25, -0.2) is 0 Å². The lowest BCUT2D eigenvalue weighted by Gasteiger charge is -2.22. The van der Waals surface area contributed by atoms with E-state index in [0.29, 0.717) is 6.54 Å². The van der Waals surface area contributed by atoms with Crippen LogP contribution in [0.1, 0.15) is 13.3 Å². The molecule has 0 spiro atoms. The van der Waals surface area contributed by atoms with E-state index in [4.69, 9.17) is 4.74 Å². The molecule has 1 heterocycles. The fourth-order valence-corrected chi connectivity index (χ4v) is 2.68. The van der Waals surface area contributed by atoms with E-state index < -0.39 is 6.10 Å². The molecule has 1 aromatic carbocycles. The molecule has 22 heavy (non-hydrogen) atoms. The maximum atomic E-state index is 12.3. The minimum absolute atomic E-state index is 0.0611. The highest BCUT2D eigenvalue weighted by molar-refractivity contribution is 6.00. The number of anilines is 1. The molecule has 6 nitrogen and oxygen atoms in total. The van der Waals surface area contributed by atoms with Crippen molar-refractivity contribution < 1.29 is 19.4 Å². The minimum atomic E-state index is -0.580. The molecule has 0 bridgehead atoms. The zero-order valence-electron chi connectivity index (χ0n) is 13.2. The number of aliphatic hydroxyl groups is 1. The number of aliphatic hydroxyl groups excluding tert-OH is 1. The van der Waals surface area contributed by atoms with Gasteiger partial charge in [0, 0.05) is 32.2 Å². The molecule has 1 saturated heterocycles. The summed E-state index contributed by atoms with van der Waals surface area (Å²) in [5, 5.41) is 9.36. The standard InChI is InChI=1S/C16H22N2O4/c1-11(19)9-17(2)16(21)12-8-15(20)18(10-12)13-4-6-14(22-3)7-5-13/h4-7,11-12,19H,8-10H2,1-3H3. The first-order valence-electron chi connectivity index (χ1n) is 7.30. The van der Waals surface area contributed by atoms with E-state index in [0.717, 1.165) is 11.4 Å². The highest BCUT2D eigenvalue weighted by Crippen LogP contribution is 2.27. The number of nitrogens with zero attached hydrogens (tertiary/aromatic N) is 2. The molecular formula is C16H22N2O4. The van der Waals surface area contributed by atoms with Gasteiger partial charge in [0.25, 0.3) is 0 Å². The average Bonchev–Trinajstić information content (AvgIpc) is 2.87. The molecule has 1 aliphatic rings. The third kappa shape index (κ3) is 3.57. The fraction of sp³-hybridized carbons (Fsp3) is 0.500. The maximum absolute atomic E-state index is 12.3. The number of carbonyl (C=O) groups is 2. The summed E-state index contributed by atoms with van der Waals surface area (Å²) in [6.45, 7) is 2.27. The van der Waals surface area contributed by atoms with Crippen molar-refractivity contribution in [3.8, 4) is 5.75 Å². The molecule has 1 N–H and O–H groups in total. The number of carbonyl (C=O) groups excluding carboxylic acids is 2. The van der Waals surface area contributed by atoms with Crippen LogP contribution in [0.4, 0.5) is 5.69 Å². The average molecular weight is 306 g/mol. The molecule has 0 aliphatic carbocycles. The van der Waals surface area contributed by atoms with E-state index in [1.54, 1.807) is 38.1 Å². The smallest absolute Gasteiger partial charge is 0.227 e. The van der Waals surface area contributed by atoms with Crippen LogP contribution < -0.4 is 9.64 Å². The molecule has 1 fully saturated rings. The number of hydrogen-bond donors (Lipinski definition) is 1. The summed E-state index contributed by atoms with van der Waals surface area (Å²) in [4.78, 5) is 27.6. The monoisotopic (exact) mass is 306 g/mol. The van der Waals surface area contributed by atoms with Gasteiger partial charge in [0.2, 0.25) is 11.8 Å². The Labute approximate surface area is 130 Å². The molecule has 1 aromatic rings. The minimum Gasteiger partial charge on any atom is -0.497 e. The second-order valence-electron chi connectivity index (χ2n) is 5.67. The first kappa shape index (κ1) is 16.3. The summed E-state index contributed by atoms with van der Waals surface area (Å²) in [6.07, 6.45) is -0.376. The Balaban J connectivity index is 2.05. The Hall–Kier alpha value is -2.08. The van der Waals surface area contributed by atoms with Gasteiger partial charge in [0.15, 0.2) is 0 Å². The van der Waals surface area contributed by atoms with Crippen LogP contribution in [0.2, 0.25) is 0 Å². The van der Waals surface area contributed by atoms with Crippen molar-refractivity contribution in [3.63, 3.8) is 0 Å². The molecule has 0 aromatic heterocycles. The van der Waals surface area contributed by atoms with Crippen LogP contribution in [0.25, 0.3) is 0 Å². The van der Waals surface area contributed by atoms with Gasteiger partial charge in [-0.15, -0.1) is 0 Å². The van der Waals surface area contributed by atoms with Crippen molar-refractivity contribution in [3.05, 3.63) is 24.3 Å². The number of methoxy groups -OCH3 is 1.